The fraction of sp³-hybridized carbons (Fsp3) is 0.611. The topological polar surface area (TPSA) is 48.9 Å². The molecule has 1 aliphatic heterocycles. The van der Waals surface area contributed by atoms with Crippen molar-refractivity contribution in [3.8, 4) is 0 Å². The van der Waals surface area contributed by atoms with Gasteiger partial charge in [0, 0.05) is 32.7 Å². The highest BCUT2D eigenvalue weighted by Gasteiger charge is 2.17. The fourth-order valence-electron chi connectivity index (χ4n) is 3.36. The zero-order chi connectivity index (χ0) is 16.8. The molecule has 0 aromatic heterocycles. The second-order valence-electron chi connectivity index (χ2n) is 6.44. The molecule has 2 fully saturated rings. The molecule has 1 saturated heterocycles. The van der Waals surface area contributed by atoms with Crippen molar-refractivity contribution in [2.45, 2.75) is 38.3 Å². The summed E-state index contributed by atoms with van der Waals surface area (Å²) in [7, 11) is 1.77. The summed E-state index contributed by atoms with van der Waals surface area (Å²) in [5, 5.41) is 6.71. The second kappa shape index (κ2) is 8.33. The third-order valence-corrected chi connectivity index (χ3v) is 4.74. The molecule has 24 heavy (non-hydrogen) atoms. The zero-order valence-corrected chi connectivity index (χ0v) is 14.4. The number of guanidine groups is 1. The van der Waals surface area contributed by atoms with Gasteiger partial charge in [-0.2, -0.15) is 0 Å². The summed E-state index contributed by atoms with van der Waals surface area (Å²) in [6.45, 7) is 3.36. The molecule has 1 aliphatic carbocycles. The summed E-state index contributed by atoms with van der Waals surface area (Å²) in [4.78, 5) is 6.30. The van der Waals surface area contributed by atoms with Gasteiger partial charge in [-0.1, -0.05) is 18.9 Å². The average Bonchev–Trinajstić information content (AvgIpc) is 3.12. The Balaban J connectivity index is 1.55. The highest BCUT2D eigenvalue weighted by molar-refractivity contribution is 5.80. The molecule has 1 aromatic rings. The number of hydrogen-bond donors (Lipinski definition) is 2. The highest BCUT2D eigenvalue weighted by Crippen LogP contribution is 2.21. The molecule has 5 nitrogen and oxygen atoms in total. The first-order chi connectivity index (χ1) is 11.8. The van der Waals surface area contributed by atoms with Gasteiger partial charge < -0.3 is 20.3 Å². The summed E-state index contributed by atoms with van der Waals surface area (Å²) >= 11 is 0. The number of aliphatic imine (C=N–C) groups is 1. The molecule has 0 atom stereocenters. The van der Waals surface area contributed by atoms with Crippen LogP contribution in [-0.2, 0) is 11.3 Å². The van der Waals surface area contributed by atoms with Crippen LogP contribution in [0.2, 0.25) is 0 Å². The highest BCUT2D eigenvalue weighted by atomic mass is 19.1. The van der Waals surface area contributed by atoms with E-state index in [9.17, 15) is 4.39 Å². The van der Waals surface area contributed by atoms with Crippen molar-refractivity contribution in [1.82, 2.24) is 10.6 Å². The summed E-state index contributed by atoms with van der Waals surface area (Å²) in [6, 6.07) is 5.96. The van der Waals surface area contributed by atoms with E-state index >= 15 is 0 Å². The molecule has 1 heterocycles. The lowest BCUT2D eigenvalue weighted by atomic mass is 10.1. The van der Waals surface area contributed by atoms with E-state index in [1.807, 2.05) is 17.0 Å². The number of hydrogen-bond acceptors (Lipinski definition) is 3. The molecule has 132 valence electrons. The smallest absolute Gasteiger partial charge is 0.191 e. The van der Waals surface area contributed by atoms with Gasteiger partial charge in [0.05, 0.1) is 18.9 Å². The molecule has 1 saturated carbocycles. The molecule has 3 rings (SSSR count). The van der Waals surface area contributed by atoms with Gasteiger partial charge in [-0.3, -0.25) is 4.99 Å². The minimum Gasteiger partial charge on any atom is -0.378 e. The second-order valence-corrected chi connectivity index (χ2v) is 6.44. The van der Waals surface area contributed by atoms with Crippen molar-refractivity contribution in [2.75, 3.05) is 38.3 Å². The van der Waals surface area contributed by atoms with Crippen LogP contribution in [0.3, 0.4) is 0 Å². The minimum absolute atomic E-state index is 0.171. The molecule has 6 heteroatoms. The lowest BCUT2D eigenvalue weighted by Crippen LogP contribution is -2.42. The van der Waals surface area contributed by atoms with Crippen molar-refractivity contribution in [3.05, 3.63) is 29.6 Å². The maximum absolute atomic E-state index is 14.4. The van der Waals surface area contributed by atoms with Crippen molar-refractivity contribution in [3.63, 3.8) is 0 Å². The standard InChI is InChI=1S/C18H27FN4O/c1-20-18(22-15-4-2-3-5-15)21-13-14-6-7-17(16(19)12-14)23-8-10-24-11-9-23/h6-7,12,15H,2-5,8-11,13H2,1H3,(H2,20,21,22). The monoisotopic (exact) mass is 334 g/mol. The molecule has 0 spiro atoms. The van der Waals surface area contributed by atoms with Gasteiger partial charge in [0.2, 0.25) is 0 Å². The largest absolute Gasteiger partial charge is 0.378 e. The van der Waals surface area contributed by atoms with Crippen LogP contribution in [0, 0.1) is 5.82 Å². The zero-order valence-electron chi connectivity index (χ0n) is 14.4. The number of nitrogens with zero attached hydrogens (tertiary/aromatic N) is 2. The number of anilines is 1. The Kier molecular flexibility index (Phi) is 5.91. The molecule has 0 unspecified atom stereocenters. The van der Waals surface area contributed by atoms with Crippen LogP contribution in [0.15, 0.2) is 23.2 Å². The maximum atomic E-state index is 14.4. The van der Waals surface area contributed by atoms with Gasteiger partial charge in [0.25, 0.3) is 0 Å². The van der Waals surface area contributed by atoms with E-state index in [4.69, 9.17) is 4.74 Å². The first-order valence-electron chi connectivity index (χ1n) is 8.84. The van der Waals surface area contributed by atoms with Gasteiger partial charge in [-0.25, -0.2) is 4.39 Å². The quantitative estimate of drug-likeness (QED) is 0.655. The van der Waals surface area contributed by atoms with Crippen molar-refractivity contribution < 1.29 is 9.13 Å². The summed E-state index contributed by atoms with van der Waals surface area (Å²) in [6.07, 6.45) is 4.96. The van der Waals surface area contributed by atoms with Gasteiger partial charge >= 0.3 is 0 Å². The molecule has 0 bridgehead atoms. The third-order valence-electron chi connectivity index (χ3n) is 4.74. The van der Waals surface area contributed by atoms with E-state index in [2.05, 4.69) is 15.6 Å². The Hall–Kier alpha value is -1.82. The summed E-state index contributed by atoms with van der Waals surface area (Å²) < 4.78 is 19.7. The maximum Gasteiger partial charge on any atom is 0.191 e. The Morgan fingerprint density at radius 2 is 2.04 bits per heavy atom. The lowest BCUT2D eigenvalue weighted by molar-refractivity contribution is 0.122. The Morgan fingerprint density at radius 1 is 1.29 bits per heavy atom. The number of nitrogens with one attached hydrogen (secondary N) is 2. The first kappa shape index (κ1) is 17.0. The van der Waals surface area contributed by atoms with Crippen molar-refractivity contribution in [2.24, 2.45) is 4.99 Å². The van der Waals surface area contributed by atoms with Crippen LogP contribution < -0.4 is 15.5 Å². The van der Waals surface area contributed by atoms with E-state index in [0.717, 1.165) is 24.6 Å². The summed E-state index contributed by atoms with van der Waals surface area (Å²) in [5.74, 6) is 0.620. The van der Waals surface area contributed by atoms with E-state index < -0.39 is 0 Å². The van der Waals surface area contributed by atoms with E-state index in [1.54, 1.807) is 13.1 Å². The SMILES string of the molecule is CN=C(NCc1ccc(N2CCOCC2)c(F)c1)NC1CCCC1. The Morgan fingerprint density at radius 3 is 2.71 bits per heavy atom. The van der Waals surface area contributed by atoms with Crippen molar-refractivity contribution in [1.29, 1.82) is 0 Å². The van der Waals surface area contributed by atoms with E-state index in [1.165, 1.54) is 25.7 Å². The number of ether oxygens (including phenoxy) is 1. The molecule has 2 aliphatic rings. The van der Waals surface area contributed by atoms with Gasteiger partial charge in [-0.05, 0) is 30.5 Å². The number of halogens is 1. The molecule has 0 radical (unpaired) electrons. The van der Waals surface area contributed by atoms with Crippen LogP contribution >= 0.6 is 0 Å². The first-order valence-corrected chi connectivity index (χ1v) is 8.84. The normalized spacial score (nSPS) is 19.6. The third kappa shape index (κ3) is 4.38. The Bertz CT molecular complexity index is 566. The van der Waals surface area contributed by atoms with E-state index in [0.29, 0.717) is 31.5 Å². The van der Waals surface area contributed by atoms with Crippen LogP contribution in [-0.4, -0.2) is 45.4 Å². The van der Waals surface area contributed by atoms with Crippen LogP contribution in [0.25, 0.3) is 0 Å². The van der Waals surface area contributed by atoms with Crippen LogP contribution in [0.4, 0.5) is 10.1 Å². The van der Waals surface area contributed by atoms with Crippen LogP contribution in [0.1, 0.15) is 31.2 Å². The van der Waals surface area contributed by atoms with Crippen molar-refractivity contribution >= 4 is 11.6 Å². The lowest BCUT2D eigenvalue weighted by Gasteiger charge is -2.29. The molecule has 1 aromatic carbocycles. The van der Waals surface area contributed by atoms with Gasteiger partial charge in [0.1, 0.15) is 5.82 Å². The molecular formula is C18H27FN4O. The minimum atomic E-state index is -0.171. The molecule has 0 amide bonds. The number of rotatable bonds is 4. The van der Waals surface area contributed by atoms with Gasteiger partial charge in [0.15, 0.2) is 5.96 Å². The predicted octanol–water partition coefficient (Wildman–Crippen LogP) is 2.27. The average molecular weight is 334 g/mol. The van der Waals surface area contributed by atoms with Gasteiger partial charge in [-0.15, -0.1) is 0 Å². The summed E-state index contributed by atoms with van der Waals surface area (Å²) in [5.41, 5.74) is 1.58. The fourth-order valence-corrected chi connectivity index (χ4v) is 3.36. The van der Waals surface area contributed by atoms with E-state index in [-0.39, 0.29) is 5.82 Å². The Labute approximate surface area is 143 Å². The molecule has 2 N–H and O–H groups in total. The predicted molar refractivity (Wildman–Crippen MR) is 95.0 cm³/mol. The number of morpholine rings is 1. The van der Waals surface area contributed by atoms with Crippen LogP contribution in [0.5, 0.6) is 0 Å². The molecular weight excluding hydrogens is 307 g/mol. The number of benzene rings is 1.